The third-order valence-electron chi connectivity index (χ3n) is 3.10. The van der Waals surface area contributed by atoms with Crippen molar-refractivity contribution in [1.82, 2.24) is 15.0 Å². The smallest absolute Gasteiger partial charge is 0.224 e. The van der Waals surface area contributed by atoms with Crippen LogP contribution in [0.4, 0.5) is 26.2 Å². The van der Waals surface area contributed by atoms with E-state index in [2.05, 4.69) is 25.6 Å². The minimum Gasteiger partial charge on any atom is -0.357 e. The highest BCUT2D eigenvalue weighted by atomic mass is 19.1. The van der Waals surface area contributed by atoms with Gasteiger partial charge in [-0.05, 0) is 24.3 Å². The summed E-state index contributed by atoms with van der Waals surface area (Å²) in [6, 6.07) is 8.46. The average Bonchev–Trinajstić information content (AvgIpc) is 2.58. The molecule has 3 aromatic rings. The maximum atomic E-state index is 13.8. The van der Waals surface area contributed by atoms with Gasteiger partial charge in [0.1, 0.15) is 17.5 Å². The summed E-state index contributed by atoms with van der Waals surface area (Å²) in [5.74, 6) is -0.415. The summed E-state index contributed by atoms with van der Waals surface area (Å²) in [4.78, 5) is 12.6. The highest BCUT2D eigenvalue weighted by molar-refractivity contribution is 5.67. The molecule has 0 aliphatic carbocycles. The number of pyridine rings is 1. The van der Waals surface area contributed by atoms with Crippen LogP contribution < -0.4 is 10.6 Å². The molecule has 0 fully saturated rings. The van der Waals surface area contributed by atoms with E-state index in [9.17, 15) is 8.78 Å². The van der Waals surface area contributed by atoms with Gasteiger partial charge in [-0.2, -0.15) is 4.98 Å². The number of nitrogens with one attached hydrogen (secondary N) is 2. The van der Waals surface area contributed by atoms with Crippen molar-refractivity contribution in [3.05, 3.63) is 60.4 Å². The van der Waals surface area contributed by atoms with Gasteiger partial charge in [-0.15, -0.1) is 0 Å². The number of hydrogen-bond acceptors (Lipinski definition) is 5. The van der Waals surface area contributed by atoms with E-state index >= 15 is 0 Å². The lowest BCUT2D eigenvalue weighted by Crippen LogP contribution is -2.03. The number of nitrogens with zero attached hydrogens (tertiary/aromatic N) is 3. The summed E-state index contributed by atoms with van der Waals surface area (Å²) < 4.78 is 27.0. The Morgan fingerprint density at radius 2 is 1.91 bits per heavy atom. The summed E-state index contributed by atoms with van der Waals surface area (Å²) in [7, 11) is 1.68. The lowest BCUT2D eigenvalue weighted by atomic mass is 10.2. The highest BCUT2D eigenvalue weighted by Gasteiger charge is 2.09. The third-order valence-corrected chi connectivity index (χ3v) is 3.10. The lowest BCUT2D eigenvalue weighted by molar-refractivity contribution is 0.603. The molecule has 0 unspecified atom stereocenters. The number of aromatic nitrogens is 3. The minimum absolute atomic E-state index is 0.00268. The normalized spacial score (nSPS) is 10.4. The summed E-state index contributed by atoms with van der Waals surface area (Å²) in [5.41, 5.74) is 1.40. The van der Waals surface area contributed by atoms with Crippen LogP contribution in [-0.4, -0.2) is 22.0 Å². The second kappa shape index (κ2) is 6.35. The van der Waals surface area contributed by atoms with Crippen LogP contribution in [0.5, 0.6) is 0 Å². The molecule has 0 aliphatic rings. The Labute approximate surface area is 131 Å². The largest absolute Gasteiger partial charge is 0.357 e. The molecule has 0 spiro atoms. The van der Waals surface area contributed by atoms with Crippen LogP contribution >= 0.6 is 0 Å². The zero-order valence-corrected chi connectivity index (χ0v) is 12.2. The number of rotatable bonds is 4. The van der Waals surface area contributed by atoms with Crippen LogP contribution in [0.25, 0.3) is 11.3 Å². The van der Waals surface area contributed by atoms with E-state index in [1.807, 2.05) is 6.07 Å². The molecule has 1 aromatic carbocycles. The fraction of sp³-hybridized carbons (Fsp3) is 0.0625. The number of halogens is 2. The number of benzene rings is 1. The van der Waals surface area contributed by atoms with Crippen LogP contribution in [0.15, 0.2) is 48.8 Å². The van der Waals surface area contributed by atoms with Crippen molar-refractivity contribution in [3.8, 4) is 11.3 Å². The van der Waals surface area contributed by atoms with Gasteiger partial charge in [-0.25, -0.2) is 13.8 Å². The first-order chi connectivity index (χ1) is 11.2. The molecular weight excluding hydrogens is 300 g/mol. The zero-order chi connectivity index (χ0) is 16.2. The molecule has 2 N–H and O–H groups in total. The van der Waals surface area contributed by atoms with E-state index in [0.29, 0.717) is 17.5 Å². The molecule has 2 heterocycles. The molecule has 0 aliphatic heterocycles. The van der Waals surface area contributed by atoms with Gasteiger partial charge in [-0.1, -0.05) is 0 Å². The van der Waals surface area contributed by atoms with E-state index in [0.717, 1.165) is 23.8 Å². The fourth-order valence-corrected chi connectivity index (χ4v) is 2.02. The van der Waals surface area contributed by atoms with Crippen molar-refractivity contribution in [2.24, 2.45) is 0 Å². The molecule has 0 atom stereocenters. The first-order valence-corrected chi connectivity index (χ1v) is 6.85. The molecule has 0 bridgehead atoms. The van der Waals surface area contributed by atoms with Gasteiger partial charge in [0.25, 0.3) is 0 Å². The highest BCUT2D eigenvalue weighted by Crippen LogP contribution is 2.24. The molecule has 2 aromatic heterocycles. The second-order valence-electron chi connectivity index (χ2n) is 4.70. The molecule has 3 rings (SSSR count). The van der Waals surface area contributed by atoms with Crippen LogP contribution in [0.2, 0.25) is 0 Å². The van der Waals surface area contributed by atoms with Crippen LogP contribution in [0, 0.1) is 11.6 Å². The van der Waals surface area contributed by atoms with Gasteiger partial charge in [0, 0.05) is 37.1 Å². The summed E-state index contributed by atoms with van der Waals surface area (Å²) in [5, 5.41) is 5.61. The van der Waals surface area contributed by atoms with Crippen LogP contribution in [-0.2, 0) is 0 Å². The Morgan fingerprint density at radius 1 is 1.04 bits per heavy atom. The van der Waals surface area contributed by atoms with Crippen molar-refractivity contribution in [2.45, 2.75) is 0 Å². The predicted molar refractivity (Wildman–Crippen MR) is 84.5 cm³/mol. The maximum Gasteiger partial charge on any atom is 0.224 e. The van der Waals surface area contributed by atoms with Gasteiger partial charge in [-0.3, -0.25) is 4.98 Å². The van der Waals surface area contributed by atoms with Crippen LogP contribution in [0.1, 0.15) is 0 Å². The first kappa shape index (κ1) is 14.8. The average molecular weight is 313 g/mol. The lowest BCUT2D eigenvalue weighted by Gasteiger charge is -2.10. The molecule has 23 heavy (non-hydrogen) atoms. The second-order valence-corrected chi connectivity index (χ2v) is 4.70. The van der Waals surface area contributed by atoms with Gasteiger partial charge in [0.2, 0.25) is 5.95 Å². The number of hydrogen-bond donors (Lipinski definition) is 2. The Kier molecular flexibility index (Phi) is 4.09. The third kappa shape index (κ3) is 3.39. The number of anilines is 3. The van der Waals surface area contributed by atoms with E-state index in [1.54, 1.807) is 31.6 Å². The molecule has 0 amide bonds. The summed E-state index contributed by atoms with van der Waals surface area (Å²) in [6.45, 7) is 0. The van der Waals surface area contributed by atoms with Crippen molar-refractivity contribution in [1.29, 1.82) is 0 Å². The molecule has 7 heteroatoms. The Bertz CT molecular complexity index is 824. The van der Waals surface area contributed by atoms with E-state index in [4.69, 9.17) is 0 Å². The quantitative estimate of drug-likeness (QED) is 0.770. The minimum atomic E-state index is -0.570. The van der Waals surface area contributed by atoms with Gasteiger partial charge >= 0.3 is 0 Å². The van der Waals surface area contributed by atoms with E-state index < -0.39 is 11.6 Å². The SMILES string of the molecule is CNc1nc(Nc2cc(F)ccc2F)cc(-c2cccnc2)n1. The first-order valence-electron chi connectivity index (χ1n) is 6.85. The standard InChI is InChI=1S/C16H13F2N5/c1-19-16-22-13(10-3-2-6-20-9-10)8-15(23-16)21-14-7-11(17)4-5-12(14)18/h2-9H,1H3,(H2,19,21,22,23). The molecule has 0 saturated carbocycles. The Morgan fingerprint density at radius 3 is 2.65 bits per heavy atom. The van der Waals surface area contributed by atoms with Crippen LogP contribution in [0.3, 0.4) is 0 Å². The fourth-order valence-electron chi connectivity index (χ4n) is 2.02. The Hall–Kier alpha value is -3.09. The molecule has 0 saturated heterocycles. The summed E-state index contributed by atoms with van der Waals surface area (Å²) in [6.07, 6.45) is 3.32. The monoisotopic (exact) mass is 313 g/mol. The van der Waals surface area contributed by atoms with Crippen molar-refractivity contribution < 1.29 is 8.78 Å². The maximum absolute atomic E-state index is 13.8. The molecule has 0 radical (unpaired) electrons. The van der Waals surface area contributed by atoms with E-state index in [-0.39, 0.29) is 5.69 Å². The van der Waals surface area contributed by atoms with Crippen molar-refractivity contribution >= 4 is 17.5 Å². The molecule has 5 nitrogen and oxygen atoms in total. The van der Waals surface area contributed by atoms with Crippen molar-refractivity contribution in [2.75, 3.05) is 17.7 Å². The molecule has 116 valence electrons. The van der Waals surface area contributed by atoms with E-state index in [1.165, 1.54) is 0 Å². The Balaban J connectivity index is 2.00. The molecular formula is C16H13F2N5. The predicted octanol–water partition coefficient (Wildman–Crippen LogP) is 3.60. The summed E-state index contributed by atoms with van der Waals surface area (Å²) >= 11 is 0. The van der Waals surface area contributed by atoms with Gasteiger partial charge in [0.15, 0.2) is 0 Å². The van der Waals surface area contributed by atoms with Crippen molar-refractivity contribution in [3.63, 3.8) is 0 Å². The van der Waals surface area contributed by atoms with Gasteiger partial charge in [0.05, 0.1) is 11.4 Å². The topological polar surface area (TPSA) is 62.7 Å². The zero-order valence-electron chi connectivity index (χ0n) is 12.2. The van der Waals surface area contributed by atoms with Gasteiger partial charge < -0.3 is 10.6 Å².